The molecule has 0 radical (unpaired) electrons. The van der Waals surface area contributed by atoms with Crippen LogP contribution in [0.5, 0.6) is 0 Å². The van der Waals surface area contributed by atoms with Gasteiger partial charge in [0.15, 0.2) is 0 Å². The molecule has 4 nitrogen and oxygen atoms in total. The fraction of sp³-hybridized carbons (Fsp3) is 0.375. The molecule has 0 spiro atoms. The molecule has 2 aromatic rings. The first-order valence-corrected chi connectivity index (χ1v) is 7.08. The molecule has 2 rings (SSSR count). The number of para-hydroxylation sites is 1. The average Bonchev–Trinajstić information content (AvgIpc) is 2.45. The van der Waals surface area contributed by atoms with Gasteiger partial charge in [0.1, 0.15) is 5.82 Å². The fourth-order valence-corrected chi connectivity index (χ4v) is 2.25. The van der Waals surface area contributed by atoms with E-state index in [2.05, 4.69) is 58.3 Å². The minimum Gasteiger partial charge on any atom is -0.354 e. The molecule has 0 aliphatic heterocycles. The van der Waals surface area contributed by atoms with Crippen LogP contribution in [0.2, 0.25) is 0 Å². The van der Waals surface area contributed by atoms with Gasteiger partial charge in [-0.1, -0.05) is 18.2 Å². The lowest BCUT2D eigenvalue weighted by Gasteiger charge is -2.25. The Morgan fingerprint density at radius 1 is 1.10 bits per heavy atom. The fourth-order valence-electron chi connectivity index (χ4n) is 2.25. The molecule has 0 amide bonds. The monoisotopic (exact) mass is 270 g/mol. The van der Waals surface area contributed by atoms with Crippen molar-refractivity contribution >= 4 is 17.5 Å². The number of rotatable bonds is 5. The van der Waals surface area contributed by atoms with Gasteiger partial charge in [0.05, 0.1) is 0 Å². The molecular formula is C16H22N4. The van der Waals surface area contributed by atoms with Gasteiger partial charge >= 0.3 is 0 Å². The number of aryl methyl sites for hydroxylation is 2. The summed E-state index contributed by atoms with van der Waals surface area (Å²) in [5.41, 5.74) is 3.52. The van der Waals surface area contributed by atoms with Crippen LogP contribution in [-0.2, 0) is 0 Å². The van der Waals surface area contributed by atoms with Crippen LogP contribution in [0.1, 0.15) is 25.0 Å². The molecule has 106 valence electrons. The lowest BCUT2D eigenvalue weighted by atomic mass is 10.1. The molecule has 20 heavy (non-hydrogen) atoms. The van der Waals surface area contributed by atoms with Crippen LogP contribution >= 0.6 is 0 Å². The van der Waals surface area contributed by atoms with Crippen molar-refractivity contribution in [3.8, 4) is 0 Å². The third kappa shape index (κ3) is 2.90. The largest absolute Gasteiger partial charge is 0.354 e. The number of anilines is 3. The van der Waals surface area contributed by atoms with Gasteiger partial charge in [-0.3, -0.25) is 0 Å². The zero-order valence-corrected chi connectivity index (χ0v) is 12.6. The third-order valence-corrected chi connectivity index (χ3v) is 3.26. The van der Waals surface area contributed by atoms with Gasteiger partial charge in [0.25, 0.3) is 0 Å². The number of benzene rings is 1. The average molecular weight is 270 g/mol. The van der Waals surface area contributed by atoms with Crippen LogP contribution in [0.4, 0.5) is 17.5 Å². The van der Waals surface area contributed by atoms with Crippen molar-refractivity contribution < 1.29 is 0 Å². The molecule has 0 saturated heterocycles. The van der Waals surface area contributed by atoms with E-state index in [-0.39, 0.29) is 0 Å². The van der Waals surface area contributed by atoms with Crippen LogP contribution < -0.4 is 10.2 Å². The van der Waals surface area contributed by atoms with Gasteiger partial charge in [-0.25, -0.2) is 4.98 Å². The normalized spacial score (nSPS) is 10.4. The summed E-state index contributed by atoms with van der Waals surface area (Å²) < 4.78 is 0. The van der Waals surface area contributed by atoms with Crippen molar-refractivity contribution in [3.05, 3.63) is 41.6 Å². The first-order chi connectivity index (χ1) is 9.67. The lowest BCUT2D eigenvalue weighted by molar-refractivity contribution is 0.952. The number of nitrogens with zero attached hydrogens (tertiary/aromatic N) is 3. The Kier molecular flexibility index (Phi) is 4.56. The van der Waals surface area contributed by atoms with E-state index in [9.17, 15) is 0 Å². The summed E-state index contributed by atoms with van der Waals surface area (Å²) in [5, 5.41) is 3.17. The molecule has 1 N–H and O–H groups in total. The first-order valence-electron chi connectivity index (χ1n) is 7.08. The van der Waals surface area contributed by atoms with E-state index >= 15 is 0 Å². The van der Waals surface area contributed by atoms with Gasteiger partial charge in [0.2, 0.25) is 5.95 Å². The highest BCUT2D eigenvalue weighted by atomic mass is 15.2. The quantitative estimate of drug-likeness (QED) is 0.899. The van der Waals surface area contributed by atoms with Crippen molar-refractivity contribution in [2.45, 2.75) is 27.7 Å². The highest BCUT2D eigenvalue weighted by Gasteiger charge is 2.14. The summed E-state index contributed by atoms with van der Waals surface area (Å²) in [7, 11) is 0. The van der Waals surface area contributed by atoms with E-state index in [1.165, 1.54) is 11.3 Å². The Labute approximate surface area is 120 Å². The zero-order chi connectivity index (χ0) is 14.5. The van der Waals surface area contributed by atoms with Crippen molar-refractivity contribution in [1.82, 2.24) is 9.97 Å². The molecule has 1 aromatic carbocycles. The Hall–Kier alpha value is -2.10. The molecule has 0 fully saturated rings. The third-order valence-electron chi connectivity index (χ3n) is 3.26. The zero-order valence-electron chi connectivity index (χ0n) is 12.6. The maximum Gasteiger partial charge on any atom is 0.224 e. The van der Waals surface area contributed by atoms with Gasteiger partial charge in [-0.2, -0.15) is 4.98 Å². The van der Waals surface area contributed by atoms with Crippen molar-refractivity contribution in [2.75, 3.05) is 23.3 Å². The Morgan fingerprint density at radius 2 is 1.85 bits per heavy atom. The molecule has 0 aliphatic rings. The van der Waals surface area contributed by atoms with Crippen molar-refractivity contribution in [2.24, 2.45) is 0 Å². The highest BCUT2D eigenvalue weighted by molar-refractivity contribution is 5.66. The van der Waals surface area contributed by atoms with E-state index in [1.54, 1.807) is 0 Å². The summed E-state index contributed by atoms with van der Waals surface area (Å²) >= 11 is 0. The minimum absolute atomic E-state index is 0.681. The van der Waals surface area contributed by atoms with Gasteiger partial charge in [-0.05, 0) is 39.3 Å². The molecular weight excluding hydrogens is 248 g/mol. The van der Waals surface area contributed by atoms with Gasteiger partial charge < -0.3 is 10.2 Å². The molecule has 0 atom stereocenters. The second kappa shape index (κ2) is 6.37. The summed E-state index contributed by atoms with van der Waals surface area (Å²) in [5.74, 6) is 1.65. The van der Waals surface area contributed by atoms with E-state index in [0.29, 0.717) is 5.95 Å². The van der Waals surface area contributed by atoms with Gasteiger partial charge in [-0.15, -0.1) is 0 Å². The topological polar surface area (TPSA) is 41.1 Å². The molecule has 0 saturated carbocycles. The molecule has 0 bridgehead atoms. The lowest BCUT2D eigenvalue weighted by Crippen LogP contribution is -2.20. The SMILES string of the molecule is CCNc1ncc(C)c(N(CC)c2ccccc2C)n1. The summed E-state index contributed by atoms with van der Waals surface area (Å²) in [6, 6.07) is 8.38. The molecule has 4 heteroatoms. The Balaban J connectivity index is 2.46. The number of aromatic nitrogens is 2. The molecule has 1 aromatic heterocycles. The molecule has 0 unspecified atom stereocenters. The van der Waals surface area contributed by atoms with Crippen LogP contribution in [-0.4, -0.2) is 23.1 Å². The minimum atomic E-state index is 0.681. The van der Waals surface area contributed by atoms with Crippen LogP contribution in [0.15, 0.2) is 30.5 Å². The standard InChI is InChI=1S/C16H22N4/c1-5-17-16-18-11-13(4)15(19-16)20(6-2)14-10-8-7-9-12(14)3/h7-11H,5-6H2,1-4H3,(H,17,18,19). The molecule has 1 heterocycles. The van der Waals surface area contributed by atoms with Crippen molar-refractivity contribution in [3.63, 3.8) is 0 Å². The van der Waals surface area contributed by atoms with E-state index in [0.717, 1.165) is 24.5 Å². The maximum absolute atomic E-state index is 4.65. The van der Waals surface area contributed by atoms with E-state index in [4.69, 9.17) is 0 Å². The maximum atomic E-state index is 4.65. The smallest absolute Gasteiger partial charge is 0.224 e. The first kappa shape index (κ1) is 14.3. The Bertz CT molecular complexity index is 580. The summed E-state index contributed by atoms with van der Waals surface area (Å²) in [6.45, 7) is 10.0. The number of nitrogens with one attached hydrogen (secondary N) is 1. The predicted molar refractivity (Wildman–Crippen MR) is 84.8 cm³/mol. The van der Waals surface area contributed by atoms with Crippen molar-refractivity contribution in [1.29, 1.82) is 0 Å². The van der Waals surface area contributed by atoms with E-state index < -0.39 is 0 Å². The summed E-state index contributed by atoms with van der Waals surface area (Å²) in [6.07, 6.45) is 1.88. The molecule has 0 aliphatic carbocycles. The summed E-state index contributed by atoms with van der Waals surface area (Å²) in [4.78, 5) is 11.2. The van der Waals surface area contributed by atoms with Crippen LogP contribution in [0.25, 0.3) is 0 Å². The predicted octanol–water partition coefficient (Wildman–Crippen LogP) is 3.68. The second-order valence-electron chi connectivity index (χ2n) is 4.76. The van der Waals surface area contributed by atoms with Crippen LogP contribution in [0.3, 0.4) is 0 Å². The number of hydrogen-bond donors (Lipinski definition) is 1. The second-order valence-corrected chi connectivity index (χ2v) is 4.76. The van der Waals surface area contributed by atoms with Gasteiger partial charge in [0, 0.05) is 30.5 Å². The van der Waals surface area contributed by atoms with E-state index in [1.807, 2.05) is 20.0 Å². The highest BCUT2D eigenvalue weighted by Crippen LogP contribution is 2.29. The number of hydrogen-bond acceptors (Lipinski definition) is 4. The Morgan fingerprint density at radius 3 is 2.50 bits per heavy atom. The van der Waals surface area contributed by atoms with Crippen LogP contribution in [0, 0.1) is 13.8 Å².